The molecular formula is C12H13F2N3O. The molecule has 1 aromatic heterocycles. The van der Waals surface area contributed by atoms with E-state index in [0.717, 1.165) is 5.52 Å². The van der Waals surface area contributed by atoms with Crippen LogP contribution < -0.4 is 11.1 Å². The lowest BCUT2D eigenvalue weighted by Crippen LogP contribution is -2.41. The lowest BCUT2D eigenvalue weighted by atomic mass is 10.1. The fourth-order valence-corrected chi connectivity index (χ4v) is 1.64. The summed E-state index contributed by atoms with van der Waals surface area (Å²) >= 11 is 0. The third-order valence-electron chi connectivity index (χ3n) is 2.64. The average Bonchev–Trinajstić information content (AvgIpc) is 2.80. The van der Waals surface area contributed by atoms with E-state index in [0.29, 0.717) is 10.9 Å². The van der Waals surface area contributed by atoms with Crippen LogP contribution >= 0.6 is 0 Å². The average molecular weight is 253 g/mol. The number of carbonyl (C=O) groups excluding carboxylic acids is 1. The Morgan fingerprint density at radius 3 is 2.83 bits per heavy atom. The van der Waals surface area contributed by atoms with Crippen molar-refractivity contribution < 1.29 is 13.6 Å². The SMILES string of the molecule is NCC(F)(F)CNC(=O)c1c[nH]c2ccccc12. The maximum atomic E-state index is 12.9. The molecule has 4 N–H and O–H groups in total. The molecule has 0 saturated heterocycles. The second kappa shape index (κ2) is 4.73. The number of fused-ring (bicyclic) bond motifs is 1. The van der Waals surface area contributed by atoms with Crippen LogP contribution in [0.25, 0.3) is 10.9 Å². The van der Waals surface area contributed by atoms with Crippen LogP contribution in [0.5, 0.6) is 0 Å². The van der Waals surface area contributed by atoms with Crippen molar-refractivity contribution >= 4 is 16.8 Å². The van der Waals surface area contributed by atoms with E-state index in [1.54, 1.807) is 18.2 Å². The molecule has 96 valence electrons. The van der Waals surface area contributed by atoms with Crippen LogP contribution in [0.4, 0.5) is 8.78 Å². The molecular weight excluding hydrogens is 240 g/mol. The van der Waals surface area contributed by atoms with Crippen molar-refractivity contribution in [1.29, 1.82) is 0 Å². The number of halogens is 2. The van der Waals surface area contributed by atoms with Gasteiger partial charge in [0.25, 0.3) is 11.8 Å². The highest BCUT2D eigenvalue weighted by Gasteiger charge is 2.27. The van der Waals surface area contributed by atoms with Crippen molar-refractivity contribution in [3.8, 4) is 0 Å². The molecule has 2 rings (SSSR count). The van der Waals surface area contributed by atoms with E-state index in [4.69, 9.17) is 5.73 Å². The van der Waals surface area contributed by atoms with Gasteiger partial charge in [0.2, 0.25) is 0 Å². The molecule has 4 nitrogen and oxygen atoms in total. The summed E-state index contributed by atoms with van der Waals surface area (Å²) in [7, 11) is 0. The number of aromatic nitrogens is 1. The summed E-state index contributed by atoms with van der Waals surface area (Å²) in [4.78, 5) is 14.7. The second-order valence-electron chi connectivity index (χ2n) is 3.99. The van der Waals surface area contributed by atoms with Crippen molar-refractivity contribution in [3.63, 3.8) is 0 Å². The van der Waals surface area contributed by atoms with Gasteiger partial charge >= 0.3 is 0 Å². The molecule has 1 amide bonds. The zero-order chi connectivity index (χ0) is 13.2. The summed E-state index contributed by atoms with van der Waals surface area (Å²) < 4.78 is 25.8. The van der Waals surface area contributed by atoms with Crippen LogP contribution in [0.1, 0.15) is 10.4 Å². The fourth-order valence-electron chi connectivity index (χ4n) is 1.64. The first-order valence-corrected chi connectivity index (χ1v) is 5.46. The number of H-pyrrole nitrogens is 1. The minimum Gasteiger partial charge on any atom is -0.360 e. The third kappa shape index (κ3) is 2.48. The Labute approximate surface area is 102 Å². The molecule has 0 saturated carbocycles. The molecule has 0 aliphatic rings. The van der Waals surface area contributed by atoms with E-state index < -0.39 is 24.9 Å². The van der Waals surface area contributed by atoms with Gasteiger partial charge in [0.15, 0.2) is 0 Å². The van der Waals surface area contributed by atoms with Gasteiger partial charge in [0.05, 0.1) is 18.7 Å². The zero-order valence-electron chi connectivity index (χ0n) is 9.54. The Balaban J connectivity index is 2.14. The monoisotopic (exact) mass is 253 g/mol. The van der Waals surface area contributed by atoms with Crippen molar-refractivity contribution in [2.45, 2.75) is 5.92 Å². The van der Waals surface area contributed by atoms with E-state index >= 15 is 0 Å². The van der Waals surface area contributed by atoms with Crippen LogP contribution in [0.3, 0.4) is 0 Å². The number of amides is 1. The lowest BCUT2D eigenvalue weighted by Gasteiger charge is -2.14. The van der Waals surface area contributed by atoms with Crippen molar-refractivity contribution in [2.24, 2.45) is 5.73 Å². The number of alkyl halides is 2. The van der Waals surface area contributed by atoms with E-state index in [9.17, 15) is 13.6 Å². The predicted octanol–water partition coefficient (Wildman–Crippen LogP) is 1.49. The summed E-state index contributed by atoms with van der Waals surface area (Å²) in [5.74, 6) is -3.62. The Morgan fingerprint density at radius 1 is 1.39 bits per heavy atom. The lowest BCUT2D eigenvalue weighted by molar-refractivity contribution is 0.0119. The number of hydrogen-bond donors (Lipinski definition) is 3. The quantitative estimate of drug-likeness (QED) is 0.772. The van der Waals surface area contributed by atoms with Crippen LogP contribution in [-0.2, 0) is 0 Å². The predicted molar refractivity (Wildman–Crippen MR) is 64.6 cm³/mol. The van der Waals surface area contributed by atoms with Gasteiger partial charge in [0, 0.05) is 17.1 Å². The maximum absolute atomic E-state index is 12.9. The van der Waals surface area contributed by atoms with Crippen LogP contribution in [0, 0.1) is 0 Å². The van der Waals surface area contributed by atoms with Crippen LogP contribution in [0.2, 0.25) is 0 Å². The fraction of sp³-hybridized carbons (Fsp3) is 0.250. The summed E-state index contributed by atoms with van der Waals surface area (Å²) in [6.45, 7) is -1.55. The van der Waals surface area contributed by atoms with Gasteiger partial charge in [-0.1, -0.05) is 18.2 Å². The Bertz CT molecular complexity index is 565. The number of aromatic amines is 1. The van der Waals surface area contributed by atoms with E-state index in [2.05, 4.69) is 10.3 Å². The number of benzene rings is 1. The molecule has 0 radical (unpaired) electrons. The zero-order valence-corrected chi connectivity index (χ0v) is 9.54. The van der Waals surface area contributed by atoms with Gasteiger partial charge in [-0.3, -0.25) is 4.79 Å². The first-order valence-electron chi connectivity index (χ1n) is 5.46. The van der Waals surface area contributed by atoms with Crippen LogP contribution in [0.15, 0.2) is 30.5 Å². The maximum Gasteiger partial charge on any atom is 0.277 e. The number of hydrogen-bond acceptors (Lipinski definition) is 2. The highest BCUT2D eigenvalue weighted by molar-refractivity contribution is 6.06. The molecule has 0 fully saturated rings. The minimum atomic E-state index is -3.08. The van der Waals surface area contributed by atoms with Crippen molar-refractivity contribution in [1.82, 2.24) is 10.3 Å². The Morgan fingerprint density at radius 2 is 2.11 bits per heavy atom. The van der Waals surface area contributed by atoms with Gasteiger partial charge in [-0.25, -0.2) is 8.78 Å². The van der Waals surface area contributed by atoms with Crippen LogP contribution in [-0.4, -0.2) is 29.9 Å². The molecule has 18 heavy (non-hydrogen) atoms. The molecule has 0 aliphatic heterocycles. The molecule has 0 aliphatic carbocycles. The second-order valence-corrected chi connectivity index (χ2v) is 3.99. The molecule has 0 spiro atoms. The summed E-state index contributed by atoms with van der Waals surface area (Å²) in [6, 6.07) is 7.16. The molecule has 0 unspecified atom stereocenters. The number of para-hydroxylation sites is 1. The van der Waals surface area contributed by atoms with Gasteiger partial charge in [0.1, 0.15) is 0 Å². The van der Waals surface area contributed by atoms with E-state index in [1.165, 1.54) is 6.20 Å². The minimum absolute atomic E-state index is 0.346. The number of nitrogens with two attached hydrogens (primary N) is 1. The summed E-state index contributed by atoms with van der Waals surface area (Å²) in [6.07, 6.45) is 1.50. The van der Waals surface area contributed by atoms with E-state index in [-0.39, 0.29) is 0 Å². The Kier molecular flexibility index (Phi) is 3.29. The van der Waals surface area contributed by atoms with E-state index in [1.807, 2.05) is 6.07 Å². The highest BCUT2D eigenvalue weighted by atomic mass is 19.3. The molecule has 6 heteroatoms. The third-order valence-corrected chi connectivity index (χ3v) is 2.64. The van der Waals surface area contributed by atoms with Crippen molar-refractivity contribution in [2.75, 3.05) is 13.1 Å². The normalized spacial score (nSPS) is 11.7. The molecule has 0 atom stereocenters. The largest absolute Gasteiger partial charge is 0.360 e. The first-order chi connectivity index (χ1) is 8.53. The van der Waals surface area contributed by atoms with Crippen molar-refractivity contribution in [3.05, 3.63) is 36.0 Å². The van der Waals surface area contributed by atoms with Gasteiger partial charge in [-0.2, -0.15) is 0 Å². The molecule has 1 heterocycles. The molecule has 0 bridgehead atoms. The van der Waals surface area contributed by atoms with Gasteiger partial charge in [-0.15, -0.1) is 0 Å². The van der Waals surface area contributed by atoms with Gasteiger partial charge < -0.3 is 16.0 Å². The summed E-state index contributed by atoms with van der Waals surface area (Å²) in [5, 5.41) is 2.88. The number of rotatable bonds is 4. The van der Waals surface area contributed by atoms with Gasteiger partial charge in [-0.05, 0) is 6.07 Å². The summed E-state index contributed by atoms with van der Waals surface area (Å²) in [5.41, 5.74) is 6.03. The smallest absolute Gasteiger partial charge is 0.277 e. The number of nitrogens with one attached hydrogen (secondary N) is 2. The molecule has 2 aromatic rings. The number of carbonyl (C=O) groups is 1. The first kappa shape index (κ1) is 12.5. The Hall–Kier alpha value is -1.95. The molecule has 1 aromatic carbocycles. The highest BCUT2D eigenvalue weighted by Crippen LogP contribution is 2.17. The standard InChI is InChI=1S/C12H13F2N3O/c13-12(14,6-15)7-17-11(18)9-5-16-10-4-2-1-3-8(9)10/h1-5,16H,6-7,15H2,(H,17,18). The topological polar surface area (TPSA) is 70.9 Å².